The monoisotopic (exact) mass is 171 g/mol. The Kier molecular flexibility index (Phi) is 3.09. The highest BCUT2D eigenvalue weighted by atomic mass is 16.5. The van der Waals surface area contributed by atoms with Gasteiger partial charge in [0.25, 0.3) is 0 Å². The van der Waals surface area contributed by atoms with Gasteiger partial charge in [-0.3, -0.25) is 9.69 Å². The van der Waals surface area contributed by atoms with E-state index in [1.54, 1.807) is 0 Å². The number of esters is 1. The van der Waals surface area contributed by atoms with Crippen LogP contribution in [0.15, 0.2) is 0 Å². The highest BCUT2D eigenvalue weighted by molar-refractivity contribution is 5.76. The molecule has 0 amide bonds. The molecule has 0 radical (unpaired) electrons. The van der Waals surface area contributed by atoms with Gasteiger partial charge in [0.1, 0.15) is 6.04 Å². The molecule has 0 spiro atoms. The summed E-state index contributed by atoms with van der Waals surface area (Å²) in [6.45, 7) is 3.19. The van der Waals surface area contributed by atoms with Gasteiger partial charge in [0.05, 0.1) is 7.11 Å². The van der Waals surface area contributed by atoms with E-state index in [0.717, 1.165) is 19.4 Å². The van der Waals surface area contributed by atoms with Crippen LogP contribution in [0.3, 0.4) is 0 Å². The van der Waals surface area contributed by atoms with Crippen molar-refractivity contribution in [3.8, 4) is 0 Å². The number of carbonyl (C=O) groups is 1. The summed E-state index contributed by atoms with van der Waals surface area (Å²) in [5.74, 6) is 0.576. The number of carbonyl (C=O) groups excluding carboxylic acids is 1. The zero-order valence-electron chi connectivity index (χ0n) is 8.04. The number of ether oxygens (including phenoxy) is 1. The molecule has 0 aromatic heterocycles. The van der Waals surface area contributed by atoms with Crippen molar-refractivity contribution in [2.24, 2.45) is 5.92 Å². The van der Waals surface area contributed by atoms with E-state index in [9.17, 15) is 4.79 Å². The summed E-state index contributed by atoms with van der Waals surface area (Å²) in [7, 11) is 3.44. The molecule has 1 saturated heterocycles. The third-order valence-corrected chi connectivity index (χ3v) is 2.69. The number of hydrogen-bond donors (Lipinski definition) is 0. The van der Waals surface area contributed by atoms with E-state index in [1.807, 2.05) is 7.05 Å². The van der Waals surface area contributed by atoms with E-state index in [1.165, 1.54) is 7.11 Å². The zero-order valence-corrected chi connectivity index (χ0v) is 8.04. The molecular formula is C9H17NO2. The number of hydrogen-bond acceptors (Lipinski definition) is 3. The maximum Gasteiger partial charge on any atom is 0.323 e. The predicted octanol–water partition coefficient (Wildman–Crippen LogP) is 0.890. The third kappa shape index (κ3) is 1.78. The number of methoxy groups -OCH3 is 1. The van der Waals surface area contributed by atoms with Crippen molar-refractivity contribution >= 4 is 5.97 Å². The lowest BCUT2D eigenvalue weighted by Crippen LogP contribution is -2.33. The van der Waals surface area contributed by atoms with Crippen LogP contribution in [-0.2, 0) is 9.53 Å². The molecular weight excluding hydrogens is 154 g/mol. The molecule has 2 atom stereocenters. The lowest BCUT2D eigenvalue weighted by molar-refractivity contribution is -0.145. The summed E-state index contributed by atoms with van der Waals surface area (Å²) in [6, 6.07) is -0.0000463. The zero-order chi connectivity index (χ0) is 9.14. The van der Waals surface area contributed by atoms with Crippen molar-refractivity contribution in [3.05, 3.63) is 0 Å². The molecule has 3 nitrogen and oxygen atoms in total. The van der Waals surface area contributed by atoms with Crippen LogP contribution < -0.4 is 0 Å². The fourth-order valence-corrected chi connectivity index (χ4v) is 1.81. The molecule has 0 bridgehead atoms. The van der Waals surface area contributed by atoms with Crippen molar-refractivity contribution in [2.45, 2.75) is 25.8 Å². The van der Waals surface area contributed by atoms with Crippen molar-refractivity contribution in [2.75, 3.05) is 20.7 Å². The minimum atomic E-state index is -0.0894. The van der Waals surface area contributed by atoms with E-state index in [2.05, 4.69) is 11.8 Å². The molecule has 0 aliphatic carbocycles. The van der Waals surface area contributed by atoms with Gasteiger partial charge in [0.2, 0.25) is 0 Å². The van der Waals surface area contributed by atoms with Crippen molar-refractivity contribution < 1.29 is 9.53 Å². The topological polar surface area (TPSA) is 29.5 Å². The standard InChI is InChI=1S/C9H17NO2/c1-4-7-5-8(9(11)12-3)10(2)6-7/h7-8H,4-6H2,1-3H3/t7-,8-/m0/s1. The van der Waals surface area contributed by atoms with Crippen LogP contribution in [0, 0.1) is 5.92 Å². The van der Waals surface area contributed by atoms with Crippen LogP contribution in [0.4, 0.5) is 0 Å². The summed E-state index contributed by atoms with van der Waals surface area (Å²) in [5, 5.41) is 0. The molecule has 1 heterocycles. The van der Waals surface area contributed by atoms with E-state index in [0.29, 0.717) is 5.92 Å². The van der Waals surface area contributed by atoms with E-state index in [4.69, 9.17) is 4.74 Å². The molecule has 1 aliphatic heterocycles. The Hall–Kier alpha value is -0.570. The van der Waals surface area contributed by atoms with Gasteiger partial charge in [0.15, 0.2) is 0 Å². The summed E-state index contributed by atoms with van der Waals surface area (Å²) in [4.78, 5) is 13.3. The van der Waals surface area contributed by atoms with Gasteiger partial charge in [-0.1, -0.05) is 13.3 Å². The SMILES string of the molecule is CC[C@H]1C[C@@H](C(=O)OC)N(C)C1. The highest BCUT2D eigenvalue weighted by Crippen LogP contribution is 2.24. The Balaban J connectivity index is 2.51. The van der Waals surface area contributed by atoms with Crippen LogP contribution in [0.25, 0.3) is 0 Å². The Morgan fingerprint density at radius 2 is 2.33 bits per heavy atom. The third-order valence-electron chi connectivity index (χ3n) is 2.69. The predicted molar refractivity (Wildman–Crippen MR) is 46.8 cm³/mol. The maximum atomic E-state index is 11.2. The quantitative estimate of drug-likeness (QED) is 0.578. The number of nitrogens with zero attached hydrogens (tertiary/aromatic N) is 1. The van der Waals surface area contributed by atoms with Gasteiger partial charge in [-0.05, 0) is 19.4 Å². The smallest absolute Gasteiger partial charge is 0.323 e. The van der Waals surface area contributed by atoms with Gasteiger partial charge in [0, 0.05) is 6.54 Å². The first-order chi connectivity index (χ1) is 5.69. The second-order valence-corrected chi connectivity index (χ2v) is 3.49. The number of likely N-dealkylation sites (N-methyl/N-ethyl adjacent to an activating group) is 1. The molecule has 1 fully saturated rings. The van der Waals surface area contributed by atoms with E-state index >= 15 is 0 Å². The summed E-state index contributed by atoms with van der Waals surface area (Å²) >= 11 is 0. The Labute approximate surface area is 73.7 Å². The number of likely N-dealkylation sites (tertiary alicyclic amines) is 1. The first-order valence-corrected chi connectivity index (χ1v) is 4.47. The number of rotatable bonds is 2. The van der Waals surface area contributed by atoms with Gasteiger partial charge < -0.3 is 4.74 Å². The lowest BCUT2D eigenvalue weighted by atomic mass is 10.0. The first-order valence-electron chi connectivity index (χ1n) is 4.47. The van der Waals surface area contributed by atoms with Crippen molar-refractivity contribution in [3.63, 3.8) is 0 Å². The molecule has 70 valence electrons. The Morgan fingerprint density at radius 3 is 2.75 bits per heavy atom. The molecule has 1 rings (SSSR count). The molecule has 0 saturated carbocycles. The van der Waals surface area contributed by atoms with E-state index < -0.39 is 0 Å². The van der Waals surface area contributed by atoms with Gasteiger partial charge in [-0.25, -0.2) is 0 Å². The molecule has 0 N–H and O–H groups in total. The summed E-state index contributed by atoms with van der Waals surface area (Å²) in [6.07, 6.45) is 2.11. The van der Waals surface area contributed by atoms with Crippen LogP contribution in [0.2, 0.25) is 0 Å². The Bertz CT molecular complexity index is 170. The average Bonchev–Trinajstić information content (AvgIpc) is 2.45. The molecule has 0 unspecified atom stereocenters. The van der Waals surface area contributed by atoms with E-state index in [-0.39, 0.29) is 12.0 Å². The van der Waals surface area contributed by atoms with Crippen molar-refractivity contribution in [1.82, 2.24) is 4.90 Å². The second kappa shape index (κ2) is 3.90. The molecule has 3 heteroatoms. The normalized spacial score (nSPS) is 30.6. The fraction of sp³-hybridized carbons (Fsp3) is 0.889. The van der Waals surface area contributed by atoms with Gasteiger partial charge in [-0.15, -0.1) is 0 Å². The van der Waals surface area contributed by atoms with Crippen LogP contribution in [0.1, 0.15) is 19.8 Å². The molecule has 0 aromatic carbocycles. The molecule has 0 aromatic rings. The average molecular weight is 171 g/mol. The fourth-order valence-electron chi connectivity index (χ4n) is 1.81. The van der Waals surface area contributed by atoms with Crippen LogP contribution in [0.5, 0.6) is 0 Å². The minimum absolute atomic E-state index is 0.0000463. The second-order valence-electron chi connectivity index (χ2n) is 3.49. The lowest BCUT2D eigenvalue weighted by Gasteiger charge is -2.15. The van der Waals surface area contributed by atoms with Crippen molar-refractivity contribution in [1.29, 1.82) is 0 Å². The van der Waals surface area contributed by atoms with Crippen LogP contribution >= 0.6 is 0 Å². The summed E-state index contributed by atoms with van der Waals surface area (Å²) in [5.41, 5.74) is 0. The maximum absolute atomic E-state index is 11.2. The largest absolute Gasteiger partial charge is 0.468 e. The Morgan fingerprint density at radius 1 is 1.67 bits per heavy atom. The summed E-state index contributed by atoms with van der Waals surface area (Å²) < 4.78 is 4.72. The minimum Gasteiger partial charge on any atom is -0.468 e. The first kappa shape index (κ1) is 9.52. The van der Waals surface area contributed by atoms with Crippen LogP contribution in [-0.4, -0.2) is 37.6 Å². The molecule has 12 heavy (non-hydrogen) atoms. The van der Waals surface area contributed by atoms with Gasteiger partial charge in [-0.2, -0.15) is 0 Å². The van der Waals surface area contributed by atoms with Gasteiger partial charge >= 0.3 is 5.97 Å². The molecule has 1 aliphatic rings. The highest BCUT2D eigenvalue weighted by Gasteiger charge is 2.33.